The van der Waals surface area contributed by atoms with E-state index in [4.69, 9.17) is 4.74 Å². The van der Waals surface area contributed by atoms with Gasteiger partial charge in [-0.25, -0.2) is 0 Å². The molecule has 3 N–H and O–H groups in total. The van der Waals surface area contributed by atoms with E-state index in [0.29, 0.717) is 19.4 Å². The zero-order chi connectivity index (χ0) is 49.3. The van der Waals surface area contributed by atoms with Gasteiger partial charge in [-0.1, -0.05) is 289 Å². The third-order valence-corrected chi connectivity index (χ3v) is 14.2. The van der Waals surface area contributed by atoms with E-state index in [1.807, 2.05) is 6.08 Å². The lowest BCUT2D eigenvalue weighted by atomic mass is 10.0. The molecule has 0 aromatic rings. The Hall–Kier alpha value is -1.66. The number of hydrogen-bond acceptors (Lipinski definition) is 5. The molecule has 6 nitrogen and oxygen atoms in total. The summed E-state index contributed by atoms with van der Waals surface area (Å²) in [6, 6.07) is -0.637. The van der Waals surface area contributed by atoms with Gasteiger partial charge in [-0.2, -0.15) is 0 Å². The van der Waals surface area contributed by atoms with Crippen LogP contribution < -0.4 is 5.32 Å². The second-order valence-electron chi connectivity index (χ2n) is 21.0. The van der Waals surface area contributed by atoms with Gasteiger partial charge in [0.1, 0.15) is 0 Å². The summed E-state index contributed by atoms with van der Waals surface area (Å²) in [7, 11) is 0. The number of carbonyl (C=O) groups excluding carboxylic acids is 2. The number of aliphatic hydroxyl groups is 2. The standard InChI is InChI=1S/C62H119NO5/c1-3-5-7-9-11-13-15-17-19-20-21-22-23-24-25-26-27-30-34-38-42-46-50-54-60(65)59(58-64)63-61(66)55-51-47-43-39-35-31-28-29-33-37-41-45-49-53-57-68-62(67)56-52-48-44-40-36-32-18-16-14-12-10-8-6-4-2/h16,18,50,54,59-60,64-65H,3-15,17,19-49,51-53,55-58H2,1-2H3,(H,63,66)/b18-16-,54-50+. The molecule has 6 heteroatoms. The van der Waals surface area contributed by atoms with Crippen LogP contribution in [0.1, 0.15) is 335 Å². The molecule has 0 aliphatic carbocycles. The number of carbonyl (C=O) groups is 2. The Labute approximate surface area is 424 Å². The summed E-state index contributed by atoms with van der Waals surface area (Å²) in [4.78, 5) is 24.5. The van der Waals surface area contributed by atoms with Crippen molar-refractivity contribution in [1.82, 2.24) is 5.32 Å². The highest BCUT2D eigenvalue weighted by atomic mass is 16.5. The highest BCUT2D eigenvalue weighted by Crippen LogP contribution is 2.17. The predicted octanol–water partition coefficient (Wildman–Crippen LogP) is 19.0. The molecule has 2 unspecified atom stereocenters. The Balaban J connectivity index is 3.47. The molecular weight excluding hydrogens is 839 g/mol. The van der Waals surface area contributed by atoms with Crippen LogP contribution in [0, 0.1) is 0 Å². The Morgan fingerprint density at radius 1 is 0.397 bits per heavy atom. The van der Waals surface area contributed by atoms with Crippen molar-refractivity contribution in [2.45, 2.75) is 347 Å². The number of unbranched alkanes of at least 4 members (excludes halogenated alkanes) is 44. The molecular formula is C62H119NO5. The second-order valence-corrected chi connectivity index (χ2v) is 21.0. The normalized spacial score (nSPS) is 12.7. The van der Waals surface area contributed by atoms with Gasteiger partial charge in [-0.05, 0) is 57.8 Å². The third-order valence-electron chi connectivity index (χ3n) is 14.2. The molecule has 0 fully saturated rings. The minimum Gasteiger partial charge on any atom is -0.466 e. The van der Waals surface area contributed by atoms with Crippen LogP contribution in [0.2, 0.25) is 0 Å². The van der Waals surface area contributed by atoms with Gasteiger partial charge in [0, 0.05) is 12.8 Å². The SMILES string of the molecule is CCCCCCC/C=C\CCCCCCCC(=O)OCCCCCCCCCCCCCCCCC(=O)NC(CO)C(O)/C=C/CCCCCCCCCCCCCCCCCCCCCCC. The number of allylic oxidation sites excluding steroid dienone is 3. The van der Waals surface area contributed by atoms with Crippen LogP contribution in [0.4, 0.5) is 0 Å². The van der Waals surface area contributed by atoms with Gasteiger partial charge in [-0.3, -0.25) is 9.59 Å². The van der Waals surface area contributed by atoms with Gasteiger partial charge in [0.05, 0.1) is 25.4 Å². The van der Waals surface area contributed by atoms with Crippen molar-refractivity contribution in [3.8, 4) is 0 Å². The van der Waals surface area contributed by atoms with Crippen molar-refractivity contribution in [1.29, 1.82) is 0 Å². The molecule has 0 saturated carbocycles. The van der Waals surface area contributed by atoms with Crippen LogP contribution in [0.15, 0.2) is 24.3 Å². The molecule has 0 bridgehead atoms. The van der Waals surface area contributed by atoms with Crippen molar-refractivity contribution >= 4 is 11.9 Å². The smallest absolute Gasteiger partial charge is 0.305 e. The van der Waals surface area contributed by atoms with E-state index in [2.05, 4.69) is 31.3 Å². The quantitative estimate of drug-likeness (QED) is 0.0321. The van der Waals surface area contributed by atoms with Crippen molar-refractivity contribution < 1.29 is 24.5 Å². The minimum atomic E-state index is -0.853. The molecule has 0 rings (SSSR count). The zero-order valence-corrected chi connectivity index (χ0v) is 45.9. The highest BCUT2D eigenvalue weighted by Gasteiger charge is 2.18. The maximum atomic E-state index is 12.5. The Kier molecular flexibility index (Phi) is 56.5. The minimum absolute atomic E-state index is 0.0113. The molecule has 0 heterocycles. The molecule has 0 aromatic carbocycles. The number of aliphatic hydroxyl groups excluding tert-OH is 2. The average Bonchev–Trinajstić information content (AvgIpc) is 3.34. The molecule has 0 aliphatic rings. The summed E-state index contributed by atoms with van der Waals surface area (Å²) in [5, 5.41) is 23.2. The summed E-state index contributed by atoms with van der Waals surface area (Å²) in [5.74, 6) is -0.0868. The van der Waals surface area contributed by atoms with E-state index < -0.39 is 12.1 Å². The lowest BCUT2D eigenvalue weighted by Gasteiger charge is -2.20. The van der Waals surface area contributed by atoms with Crippen LogP contribution in [-0.4, -0.2) is 47.4 Å². The highest BCUT2D eigenvalue weighted by molar-refractivity contribution is 5.76. The topological polar surface area (TPSA) is 95.9 Å². The van der Waals surface area contributed by atoms with Gasteiger partial charge in [-0.15, -0.1) is 0 Å². The number of ether oxygens (including phenoxy) is 1. The van der Waals surface area contributed by atoms with Gasteiger partial charge in [0.15, 0.2) is 0 Å². The summed E-state index contributed by atoms with van der Waals surface area (Å²) in [6.07, 6.45) is 70.6. The fourth-order valence-corrected chi connectivity index (χ4v) is 9.51. The molecule has 0 aliphatic heterocycles. The van der Waals surface area contributed by atoms with E-state index >= 15 is 0 Å². The first-order valence-electron chi connectivity index (χ1n) is 30.6. The molecule has 68 heavy (non-hydrogen) atoms. The molecule has 0 radical (unpaired) electrons. The van der Waals surface area contributed by atoms with E-state index in [-0.39, 0.29) is 18.5 Å². The first kappa shape index (κ1) is 66.3. The lowest BCUT2D eigenvalue weighted by molar-refractivity contribution is -0.143. The number of amides is 1. The predicted molar refractivity (Wildman–Crippen MR) is 296 cm³/mol. The number of nitrogens with one attached hydrogen (secondary N) is 1. The first-order chi connectivity index (χ1) is 33.5. The van der Waals surface area contributed by atoms with Gasteiger partial charge in [0.2, 0.25) is 5.91 Å². The van der Waals surface area contributed by atoms with Gasteiger partial charge in [0.25, 0.3) is 0 Å². The molecule has 0 spiro atoms. The number of hydrogen-bond donors (Lipinski definition) is 3. The van der Waals surface area contributed by atoms with Crippen LogP contribution in [0.3, 0.4) is 0 Å². The molecule has 0 aromatic heterocycles. The second kappa shape index (κ2) is 57.9. The summed E-state index contributed by atoms with van der Waals surface area (Å²) < 4.78 is 5.47. The maximum Gasteiger partial charge on any atom is 0.305 e. The summed E-state index contributed by atoms with van der Waals surface area (Å²) in [6.45, 7) is 4.89. The molecule has 1 amide bonds. The Bertz CT molecular complexity index is 1060. The monoisotopic (exact) mass is 958 g/mol. The number of rotatable bonds is 57. The Morgan fingerprint density at radius 2 is 0.691 bits per heavy atom. The molecule has 402 valence electrons. The van der Waals surface area contributed by atoms with Crippen molar-refractivity contribution in [3.05, 3.63) is 24.3 Å². The number of esters is 1. The summed E-state index contributed by atoms with van der Waals surface area (Å²) in [5.41, 5.74) is 0. The van der Waals surface area contributed by atoms with Gasteiger partial charge >= 0.3 is 5.97 Å². The molecule has 0 saturated heterocycles. The third kappa shape index (κ3) is 53.7. The fraction of sp³-hybridized carbons (Fsp3) is 0.903. The van der Waals surface area contributed by atoms with E-state index in [9.17, 15) is 19.8 Å². The van der Waals surface area contributed by atoms with Gasteiger partial charge < -0.3 is 20.3 Å². The van der Waals surface area contributed by atoms with Crippen molar-refractivity contribution in [2.24, 2.45) is 0 Å². The maximum absolute atomic E-state index is 12.5. The van der Waals surface area contributed by atoms with Crippen LogP contribution >= 0.6 is 0 Å². The molecule has 2 atom stereocenters. The Morgan fingerprint density at radius 3 is 1.04 bits per heavy atom. The van der Waals surface area contributed by atoms with Crippen molar-refractivity contribution in [3.63, 3.8) is 0 Å². The van der Waals surface area contributed by atoms with E-state index in [0.717, 1.165) is 57.8 Å². The lowest BCUT2D eigenvalue weighted by Crippen LogP contribution is -2.45. The zero-order valence-electron chi connectivity index (χ0n) is 45.9. The average molecular weight is 959 g/mol. The van der Waals surface area contributed by atoms with Crippen LogP contribution in [-0.2, 0) is 14.3 Å². The first-order valence-corrected chi connectivity index (χ1v) is 30.6. The van der Waals surface area contributed by atoms with Crippen LogP contribution in [0.5, 0.6) is 0 Å². The van der Waals surface area contributed by atoms with E-state index in [1.165, 1.54) is 250 Å². The van der Waals surface area contributed by atoms with Crippen LogP contribution in [0.25, 0.3) is 0 Å². The van der Waals surface area contributed by atoms with E-state index in [1.54, 1.807) is 6.08 Å². The fourth-order valence-electron chi connectivity index (χ4n) is 9.51. The van der Waals surface area contributed by atoms with Crippen molar-refractivity contribution in [2.75, 3.05) is 13.2 Å². The summed E-state index contributed by atoms with van der Waals surface area (Å²) >= 11 is 0. The largest absolute Gasteiger partial charge is 0.466 e.